The van der Waals surface area contributed by atoms with Gasteiger partial charge in [0.25, 0.3) is 0 Å². The van der Waals surface area contributed by atoms with E-state index in [1.807, 2.05) is 0 Å². The standard InChI is InChI=1S/C12H13F3O2/c1-11(2,16)9-6-17-10-4-3-7(5-8(9)10)12(13,14)15/h3-5,9,16H,6H2,1-2H3. The maximum atomic E-state index is 12.6. The van der Waals surface area contributed by atoms with Crippen LogP contribution >= 0.6 is 0 Å². The van der Waals surface area contributed by atoms with Gasteiger partial charge < -0.3 is 9.84 Å². The first-order valence-corrected chi connectivity index (χ1v) is 5.26. The fraction of sp³-hybridized carbons (Fsp3) is 0.500. The van der Waals surface area contributed by atoms with Crippen molar-refractivity contribution in [1.82, 2.24) is 0 Å². The van der Waals surface area contributed by atoms with Crippen LogP contribution in [-0.2, 0) is 6.18 Å². The first-order chi connectivity index (χ1) is 7.69. The Bertz CT molecular complexity index is 432. The van der Waals surface area contributed by atoms with Crippen LogP contribution in [0.2, 0.25) is 0 Å². The topological polar surface area (TPSA) is 29.5 Å². The predicted molar refractivity (Wildman–Crippen MR) is 56.0 cm³/mol. The summed E-state index contributed by atoms with van der Waals surface area (Å²) in [6.07, 6.45) is -4.37. The third-order valence-corrected chi connectivity index (χ3v) is 2.97. The molecule has 2 nitrogen and oxygen atoms in total. The largest absolute Gasteiger partial charge is 0.493 e. The van der Waals surface area contributed by atoms with Gasteiger partial charge in [0.1, 0.15) is 5.75 Å². The Morgan fingerprint density at radius 1 is 1.29 bits per heavy atom. The molecule has 1 N–H and O–H groups in total. The van der Waals surface area contributed by atoms with Gasteiger partial charge >= 0.3 is 6.18 Å². The fourth-order valence-electron chi connectivity index (χ4n) is 1.98. The fourth-order valence-corrected chi connectivity index (χ4v) is 1.98. The van der Waals surface area contributed by atoms with Gasteiger partial charge in [-0.2, -0.15) is 13.2 Å². The molecule has 5 heteroatoms. The summed E-state index contributed by atoms with van der Waals surface area (Å²) in [5.74, 6) is -0.00933. The van der Waals surface area contributed by atoms with Gasteiger partial charge in [-0.05, 0) is 32.0 Å². The molecular weight excluding hydrogens is 233 g/mol. The van der Waals surface area contributed by atoms with Crippen molar-refractivity contribution in [3.05, 3.63) is 29.3 Å². The molecule has 0 spiro atoms. The van der Waals surface area contributed by atoms with E-state index in [9.17, 15) is 18.3 Å². The van der Waals surface area contributed by atoms with E-state index < -0.39 is 23.3 Å². The van der Waals surface area contributed by atoms with E-state index in [1.54, 1.807) is 13.8 Å². The molecule has 1 heterocycles. The predicted octanol–water partition coefficient (Wildman–Crippen LogP) is 2.95. The Labute approximate surface area is 97.0 Å². The molecule has 17 heavy (non-hydrogen) atoms. The van der Waals surface area contributed by atoms with Gasteiger partial charge in [0.05, 0.1) is 23.7 Å². The quantitative estimate of drug-likeness (QED) is 0.825. The molecular formula is C12H13F3O2. The maximum absolute atomic E-state index is 12.6. The minimum atomic E-state index is -4.37. The number of aliphatic hydroxyl groups is 1. The van der Waals surface area contributed by atoms with Gasteiger partial charge in [0.2, 0.25) is 0 Å². The van der Waals surface area contributed by atoms with Gasteiger partial charge in [0, 0.05) is 5.56 Å². The van der Waals surface area contributed by atoms with Gasteiger partial charge in [-0.3, -0.25) is 0 Å². The molecule has 0 aliphatic carbocycles. The second kappa shape index (κ2) is 3.63. The molecule has 0 amide bonds. The van der Waals surface area contributed by atoms with E-state index in [1.165, 1.54) is 6.07 Å². The molecule has 1 aromatic carbocycles. The average molecular weight is 246 g/mol. The number of hydrogen-bond acceptors (Lipinski definition) is 2. The summed E-state index contributed by atoms with van der Waals surface area (Å²) < 4.78 is 43.0. The minimum Gasteiger partial charge on any atom is -0.493 e. The monoisotopic (exact) mass is 246 g/mol. The lowest BCUT2D eigenvalue weighted by Gasteiger charge is -2.24. The van der Waals surface area contributed by atoms with Crippen molar-refractivity contribution in [2.75, 3.05) is 6.61 Å². The van der Waals surface area contributed by atoms with Crippen molar-refractivity contribution in [3.8, 4) is 5.75 Å². The molecule has 0 aromatic heterocycles. The summed E-state index contributed by atoms with van der Waals surface area (Å²) in [5.41, 5.74) is -1.39. The lowest BCUT2D eigenvalue weighted by molar-refractivity contribution is -0.137. The van der Waals surface area contributed by atoms with Crippen LogP contribution < -0.4 is 4.74 Å². The van der Waals surface area contributed by atoms with Crippen molar-refractivity contribution in [2.24, 2.45) is 0 Å². The minimum absolute atomic E-state index is 0.208. The third kappa shape index (κ3) is 2.24. The molecule has 94 valence electrons. The summed E-state index contributed by atoms with van der Waals surface area (Å²) in [6, 6.07) is 3.36. The van der Waals surface area contributed by atoms with Crippen LogP contribution in [0.1, 0.15) is 30.9 Å². The lowest BCUT2D eigenvalue weighted by Crippen LogP contribution is -2.30. The zero-order chi connectivity index (χ0) is 12.8. The SMILES string of the molecule is CC(C)(O)C1COc2ccc(C(F)(F)F)cc21. The number of alkyl halides is 3. The second-order valence-corrected chi connectivity index (χ2v) is 4.77. The first-order valence-electron chi connectivity index (χ1n) is 5.26. The third-order valence-electron chi connectivity index (χ3n) is 2.97. The molecule has 0 saturated heterocycles. The number of hydrogen-bond donors (Lipinski definition) is 1. The molecule has 2 rings (SSSR count). The molecule has 1 atom stereocenters. The van der Waals surface area contributed by atoms with Crippen molar-refractivity contribution in [3.63, 3.8) is 0 Å². The molecule has 0 radical (unpaired) electrons. The van der Waals surface area contributed by atoms with Crippen LogP contribution in [0.25, 0.3) is 0 Å². The van der Waals surface area contributed by atoms with E-state index in [-0.39, 0.29) is 6.61 Å². The van der Waals surface area contributed by atoms with Crippen molar-refractivity contribution in [2.45, 2.75) is 31.5 Å². The van der Waals surface area contributed by atoms with Crippen molar-refractivity contribution in [1.29, 1.82) is 0 Å². The Morgan fingerprint density at radius 2 is 1.94 bits per heavy atom. The van der Waals surface area contributed by atoms with Gasteiger partial charge in [-0.1, -0.05) is 0 Å². The molecule has 0 bridgehead atoms. The summed E-state index contributed by atoms with van der Waals surface area (Å²) in [4.78, 5) is 0. The molecule has 1 aromatic rings. The van der Waals surface area contributed by atoms with Crippen LogP contribution in [0.3, 0.4) is 0 Å². The zero-order valence-electron chi connectivity index (χ0n) is 9.51. The Balaban J connectivity index is 2.45. The van der Waals surface area contributed by atoms with Crippen LogP contribution in [0, 0.1) is 0 Å². The highest BCUT2D eigenvalue weighted by Gasteiger charge is 2.38. The van der Waals surface area contributed by atoms with Crippen molar-refractivity contribution >= 4 is 0 Å². The number of ether oxygens (including phenoxy) is 1. The van der Waals surface area contributed by atoms with E-state index in [0.717, 1.165) is 12.1 Å². The Hall–Kier alpha value is -1.23. The van der Waals surface area contributed by atoms with E-state index in [2.05, 4.69) is 0 Å². The van der Waals surface area contributed by atoms with Crippen LogP contribution in [0.5, 0.6) is 5.75 Å². The average Bonchev–Trinajstić information content (AvgIpc) is 2.57. The number of rotatable bonds is 1. The molecule has 0 saturated carbocycles. The summed E-state index contributed by atoms with van der Waals surface area (Å²) in [7, 11) is 0. The van der Waals surface area contributed by atoms with Crippen LogP contribution in [0.4, 0.5) is 13.2 Å². The Morgan fingerprint density at radius 3 is 2.47 bits per heavy atom. The highest BCUT2D eigenvalue weighted by atomic mass is 19.4. The second-order valence-electron chi connectivity index (χ2n) is 4.77. The van der Waals surface area contributed by atoms with Gasteiger partial charge in [-0.15, -0.1) is 0 Å². The maximum Gasteiger partial charge on any atom is 0.416 e. The number of halogens is 3. The number of fused-ring (bicyclic) bond motifs is 1. The zero-order valence-corrected chi connectivity index (χ0v) is 9.51. The number of benzene rings is 1. The smallest absolute Gasteiger partial charge is 0.416 e. The van der Waals surface area contributed by atoms with Gasteiger partial charge in [0.15, 0.2) is 0 Å². The lowest BCUT2D eigenvalue weighted by atomic mass is 9.86. The first kappa shape index (κ1) is 12.2. The highest BCUT2D eigenvalue weighted by Crippen LogP contribution is 2.42. The molecule has 0 fully saturated rings. The molecule has 1 aliphatic rings. The summed E-state index contributed by atoms with van der Waals surface area (Å²) in [5, 5.41) is 9.90. The van der Waals surface area contributed by atoms with Crippen LogP contribution in [0.15, 0.2) is 18.2 Å². The molecule has 1 unspecified atom stereocenters. The van der Waals surface area contributed by atoms with E-state index in [4.69, 9.17) is 4.74 Å². The summed E-state index contributed by atoms with van der Waals surface area (Å²) in [6.45, 7) is 3.34. The Kier molecular flexibility index (Phi) is 2.61. The normalized spacial score (nSPS) is 20.0. The van der Waals surface area contributed by atoms with Crippen LogP contribution in [-0.4, -0.2) is 17.3 Å². The van der Waals surface area contributed by atoms with E-state index in [0.29, 0.717) is 11.3 Å². The van der Waals surface area contributed by atoms with E-state index >= 15 is 0 Å². The van der Waals surface area contributed by atoms with Gasteiger partial charge in [-0.25, -0.2) is 0 Å². The summed E-state index contributed by atoms with van der Waals surface area (Å²) >= 11 is 0. The van der Waals surface area contributed by atoms with Crippen molar-refractivity contribution < 1.29 is 23.0 Å². The molecule has 1 aliphatic heterocycles. The highest BCUT2D eigenvalue weighted by molar-refractivity contribution is 5.44.